The highest BCUT2D eigenvalue weighted by molar-refractivity contribution is 6.18. The lowest BCUT2D eigenvalue weighted by molar-refractivity contribution is 0.0691. The summed E-state index contributed by atoms with van der Waals surface area (Å²) in [6.45, 7) is 0.600. The summed E-state index contributed by atoms with van der Waals surface area (Å²) in [7, 11) is 1.59. The summed E-state index contributed by atoms with van der Waals surface area (Å²) in [6, 6.07) is 7.70. The first kappa shape index (κ1) is 14.2. The molecule has 1 saturated carbocycles. The average Bonchev–Trinajstić information content (AvgIpc) is 2.98. The molecule has 0 unspecified atom stereocenters. The van der Waals surface area contributed by atoms with E-state index in [9.17, 15) is 4.79 Å². The van der Waals surface area contributed by atoms with E-state index in [0.717, 1.165) is 12.8 Å². The second kappa shape index (κ2) is 6.80. The number of halogens is 1. The number of carbonyl (C=O) groups excluding carboxylic acids is 1. The molecule has 1 aliphatic rings. The van der Waals surface area contributed by atoms with E-state index in [0.29, 0.717) is 29.8 Å². The summed E-state index contributed by atoms with van der Waals surface area (Å²) in [5.41, 5.74) is 0.627. The smallest absolute Gasteiger partial charge is 0.257 e. The van der Waals surface area contributed by atoms with Gasteiger partial charge in [0.1, 0.15) is 5.75 Å². The summed E-state index contributed by atoms with van der Waals surface area (Å²) >= 11 is 5.85. The van der Waals surface area contributed by atoms with Crippen LogP contribution in [0.3, 0.4) is 0 Å². The molecule has 2 rings (SSSR count). The Hall–Kier alpha value is -1.22. The topological polar surface area (TPSA) is 29.5 Å². The Kier molecular flexibility index (Phi) is 5.08. The third kappa shape index (κ3) is 3.21. The summed E-state index contributed by atoms with van der Waals surface area (Å²) in [4.78, 5) is 14.6. The van der Waals surface area contributed by atoms with Crippen molar-refractivity contribution in [3.05, 3.63) is 29.8 Å². The number of para-hydroxylation sites is 1. The molecule has 0 saturated heterocycles. The van der Waals surface area contributed by atoms with Crippen LogP contribution in [-0.2, 0) is 0 Å². The minimum atomic E-state index is 0.0324. The number of rotatable bonds is 5. The van der Waals surface area contributed by atoms with Gasteiger partial charge in [0, 0.05) is 18.5 Å². The highest BCUT2D eigenvalue weighted by atomic mass is 35.5. The second-order valence-corrected chi connectivity index (χ2v) is 5.20. The van der Waals surface area contributed by atoms with Crippen LogP contribution in [-0.4, -0.2) is 36.4 Å². The van der Waals surface area contributed by atoms with E-state index >= 15 is 0 Å². The normalized spacial score (nSPS) is 15.5. The van der Waals surface area contributed by atoms with Gasteiger partial charge in [0.15, 0.2) is 0 Å². The summed E-state index contributed by atoms with van der Waals surface area (Å²) in [5, 5.41) is 0. The van der Waals surface area contributed by atoms with E-state index in [1.54, 1.807) is 7.11 Å². The zero-order valence-corrected chi connectivity index (χ0v) is 12.0. The van der Waals surface area contributed by atoms with Crippen molar-refractivity contribution in [3.8, 4) is 5.75 Å². The van der Waals surface area contributed by atoms with E-state index in [1.807, 2.05) is 29.2 Å². The zero-order chi connectivity index (χ0) is 13.7. The summed E-state index contributed by atoms with van der Waals surface area (Å²) < 4.78 is 5.28. The van der Waals surface area contributed by atoms with Crippen LogP contribution in [0.2, 0.25) is 0 Å². The lowest BCUT2D eigenvalue weighted by atomic mass is 10.1. The number of methoxy groups -OCH3 is 1. The molecule has 1 aromatic rings. The van der Waals surface area contributed by atoms with E-state index in [-0.39, 0.29) is 5.91 Å². The molecule has 0 atom stereocenters. The van der Waals surface area contributed by atoms with Gasteiger partial charge < -0.3 is 9.64 Å². The number of alkyl halides is 1. The Bertz CT molecular complexity index is 430. The van der Waals surface area contributed by atoms with Gasteiger partial charge in [-0.05, 0) is 25.0 Å². The number of nitrogens with zero attached hydrogens (tertiary/aromatic N) is 1. The SMILES string of the molecule is COc1ccccc1C(=O)N(CCCl)C1CCCC1. The first-order valence-electron chi connectivity index (χ1n) is 6.78. The van der Waals surface area contributed by atoms with E-state index in [1.165, 1.54) is 12.8 Å². The third-order valence-electron chi connectivity index (χ3n) is 3.69. The van der Waals surface area contributed by atoms with Gasteiger partial charge in [0.25, 0.3) is 5.91 Å². The number of amides is 1. The van der Waals surface area contributed by atoms with E-state index in [4.69, 9.17) is 16.3 Å². The van der Waals surface area contributed by atoms with Crippen LogP contribution in [0.15, 0.2) is 24.3 Å². The number of carbonyl (C=O) groups is 1. The maximum absolute atomic E-state index is 12.7. The van der Waals surface area contributed by atoms with Crippen molar-refractivity contribution in [2.24, 2.45) is 0 Å². The van der Waals surface area contributed by atoms with Gasteiger partial charge in [0.05, 0.1) is 12.7 Å². The van der Waals surface area contributed by atoms with Gasteiger partial charge in [0.2, 0.25) is 0 Å². The lowest BCUT2D eigenvalue weighted by Crippen LogP contribution is -2.40. The molecule has 0 spiro atoms. The van der Waals surface area contributed by atoms with Gasteiger partial charge in [-0.2, -0.15) is 0 Å². The Morgan fingerprint density at radius 1 is 1.37 bits per heavy atom. The minimum Gasteiger partial charge on any atom is -0.496 e. The lowest BCUT2D eigenvalue weighted by Gasteiger charge is -2.28. The molecule has 1 aliphatic carbocycles. The fraction of sp³-hybridized carbons (Fsp3) is 0.533. The van der Waals surface area contributed by atoms with Crippen LogP contribution >= 0.6 is 11.6 Å². The summed E-state index contributed by atoms with van der Waals surface area (Å²) in [6.07, 6.45) is 4.56. The molecule has 0 heterocycles. The van der Waals surface area contributed by atoms with Crippen LogP contribution in [0, 0.1) is 0 Å². The zero-order valence-electron chi connectivity index (χ0n) is 11.3. The van der Waals surface area contributed by atoms with E-state index in [2.05, 4.69) is 0 Å². The Morgan fingerprint density at radius 2 is 2.05 bits per heavy atom. The fourth-order valence-electron chi connectivity index (χ4n) is 2.73. The standard InChI is InChI=1S/C15H20ClNO2/c1-19-14-9-5-4-8-13(14)15(18)17(11-10-16)12-6-2-3-7-12/h4-5,8-9,12H,2-3,6-7,10-11H2,1H3. The van der Waals surface area contributed by atoms with Crippen LogP contribution in [0.5, 0.6) is 5.75 Å². The largest absolute Gasteiger partial charge is 0.496 e. The molecule has 4 heteroatoms. The van der Waals surface area contributed by atoms with Gasteiger partial charge >= 0.3 is 0 Å². The van der Waals surface area contributed by atoms with Crippen molar-refractivity contribution in [3.63, 3.8) is 0 Å². The highest BCUT2D eigenvalue weighted by Gasteiger charge is 2.28. The Balaban J connectivity index is 2.22. The van der Waals surface area contributed by atoms with Crippen molar-refractivity contribution in [2.75, 3.05) is 19.5 Å². The van der Waals surface area contributed by atoms with Crippen molar-refractivity contribution in [1.29, 1.82) is 0 Å². The van der Waals surface area contributed by atoms with Crippen LogP contribution in [0.1, 0.15) is 36.0 Å². The predicted octanol–water partition coefficient (Wildman–Crippen LogP) is 3.32. The van der Waals surface area contributed by atoms with Crippen molar-refractivity contribution in [2.45, 2.75) is 31.7 Å². The second-order valence-electron chi connectivity index (χ2n) is 4.83. The van der Waals surface area contributed by atoms with Crippen LogP contribution < -0.4 is 4.74 Å². The maximum Gasteiger partial charge on any atom is 0.257 e. The van der Waals surface area contributed by atoms with Crippen LogP contribution in [0.4, 0.5) is 0 Å². The molecule has 0 radical (unpaired) electrons. The van der Waals surface area contributed by atoms with Gasteiger partial charge in [-0.15, -0.1) is 11.6 Å². The summed E-state index contributed by atoms with van der Waals surface area (Å²) in [5.74, 6) is 1.13. The molecule has 3 nitrogen and oxygen atoms in total. The molecule has 104 valence electrons. The first-order chi connectivity index (χ1) is 9.27. The molecular weight excluding hydrogens is 262 g/mol. The maximum atomic E-state index is 12.7. The molecular formula is C15H20ClNO2. The molecule has 1 fully saturated rings. The molecule has 0 bridgehead atoms. The van der Waals surface area contributed by atoms with Gasteiger partial charge in [-0.3, -0.25) is 4.79 Å². The third-order valence-corrected chi connectivity index (χ3v) is 3.86. The van der Waals surface area contributed by atoms with E-state index < -0.39 is 0 Å². The number of hydrogen-bond acceptors (Lipinski definition) is 2. The first-order valence-corrected chi connectivity index (χ1v) is 7.31. The molecule has 19 heavy (non-hydrogen) atoms. The monoisotopic (exact) mass is 281 g/mol. The molecule has 0 N–H and O–H groups in total. The molecule has 0 aromatic heterocycles. The van der Waals surface area contributed by atoms with Gasteiger partial charge in [-0.25, -0.2) is 0 Å². The minimum absolute atomic E-state index is 0.0324. The predicted molar refractivity (Wildman–Crippen MR) is 77.0 cm³/mol. The number of ether oxygens (including phenoxy) is 1. The molecule has 1 amide bonds. The quantitative estimate of drug-likeness (QED) is 0.775. The fourth-order valence-corrected chi connectivity index (χ4v) is 2.92. The van der Waals surface area contributed by atoms with Crippen molar-refractivity contribution >= 4 is 17.5 Å². The van der Waals surface area contributed by atoms with Crippen LogP contribution in [0.25, 0.3) is 0 Å². The van der Waals surface area contributed by atoms with Crippen molar-refractivity contribution in [1.82, 2.24) is 4.90 Å². The Morgan fingerprint density at radius 3 is 2.68 bits per heavy atom. The molecule has 1 aromatic carbocycles. The Labute approximate surface area is 119 Å². The number of benzene rings is 1. The average molecular weight is 282 g/mol. The number of hydrogen-bond donors (Lipinski definition) is 0. The van der Waals surface area contributed by atoms with Crippen molar-refractivity contribution < 1.29 is 9.53 Å². The molecule has 0 aliphatic heterocycles. The highest BCUT2D eigenvalue weighted by Crippen LogP contribution is 2.27. The van der Waals surface area contributed by atoms with Gasteiger partial charge in [-0.1, -0.05) is 25.0 Å².